The molecule has 30 heavy (non-hydrogen) atoms. The van der Waals surface area contributed by atoms with Crippen molar-refractivity contribution >= 4 is 44.8 Å². The molecule has 2 N–H and O–H groups in total. The van der Waals surface area contributed by atoms with E-state index < -0.39 is 7.26 Å². The molecular formula is C26H22BrN2P. The molecule has 0 heterocycles. The first-order valence-electron chi connectivity index (χ1n) is 9.78. The van der Waals surface area contributed by atoms with Crippen LogP contribution in [0.3, 0.4) is 0 Å². The Balaban J connectivity index is 2.09. The molecular weight excluding hydrogens is 451 g/mol. The van der Waals surface area contributed by atoms with E-state index in [-0.39, 0.29) is 4.57 Å². The zero-order valence-corrected chi connectivity index (χ0v) is 19.0. The van der Waals surface area contributed by atoms with Crippen LogP contribution in [0.25, 0.3) is 0 Å². The van der Waals surface area contributed by atoms with Crippen molar-refractivity contribution in [1.82, 2.24) is 0 Å². The fraction of sp³-hybridized carbons (Fsp3) is 0.0385. The monoisotopic (exact) mass is 472 g/mol. The molecule has 4 aromatic carbocycles. The van der Waals surface area contributed by atoms with Gasteiger partial charge >= 0.3 is 187 Å². The second-order valence-corrected chi connectivity index (χ2v) is 12.9. The number of nitrogens with zero attached hydrogens (tertiary/aromatic N) is 1. The minimum atomic E-state index is -2.61. The average Bonchev–Trinajstić information content (AvgIpc) is 2.82. The third kappa shape index (κ3) is 3.54. The van der Waals surface area contributed by atoms with E-state index in [1.165, 1.54) is 15.9 Å². The maximum atomic E-state index is 9.49. The van der Waals surface area contributed by atoms with Crippen LogP contribution in [0.5, 0.6) is 0 Å². The topological polar surface area (TPSA) is 49.8 Å². The molecule has 4 heteroatoms. The Kier molecular flexibility index (Phi) is 6.00. The molecule has 1 unspecified atom stereocenters. The van der Waals surface area contributed by atoms with E-state index in [0.29, 0.717) is 11.3 Å². The number of nitrogen functional groups attached to an aromatic ring is 1. The number of alkyl halides is 1. The van der Waals surface area contributed by atoms with E-state index in [4.69, 9.17) is 5.73 Å². The van der Waals surface area contributed by atoms with Crippen molar-refractivity contribution in [2.75, 3.05) is 5.73 Å². The fourth-order valence-electron chi connectivity index (χ4n) is 4.14. The summed E-state index contributed by atoms with van der Waals surface area (Å²) in [4.78, 5) is 0. The van der Waals surface area contributed by atoms with Gasteiger partial charge in [0.25, 0.3) is 0 Å². The summed E-state index contributed by atoms with van der Waals surface area (Å²) in [5.74, 6) is 0. The van der Waals surface area contributed by atoms with Gasteiger partial charge in [-0.1, -0.05) is 0 Å². The molecule has 0 amide bonds. The number of benzene rings is 4. The van der Waals surface area contributed by atoms with Crippen molar-refractivity contribution in [2.45, 2.75) is 4.57 Å². The molecule has 0 saturated carbocycles. The quantitative estimate of drug-likeness (QED) is 0.244. The van der Waals surface area contributed by atoms with Crippen LogP contribution < -0.4 is 21.6 Å². The number of hydrogen-bond acceptors (Lipinski definition) is 2. The van der Waals surface area contributed by atoms with Crippen LogP contribution in [0.15, 0.2) is 109 Å². The normalized spacial score (nSPS) is 12.7. The predicted octanol–water partition coefficient (Wildman–Crippen LogP) is 5.26. The van der Waals surface area contributed by atoms with Crippen LogP contribution in [-0.4, -0.2) is 0 Å². The van der Waals surface area contributed by atoms with Crippen molar-refractivity contribution in [3.8, 4) is 6.07 Å². The molecule has 0 aliphatic heterocycles. The summed E-state index contributed by atoms with van der Waals surface area (Å²) >= 11 is 4.11. The van der Waals surface area contributed by atoms with Gasteiger partial charge in [-0.2, -0.15) is 0 Å². The Hall–Kier alpha value is -2.92. The molecule has 1 atom stereocenters. The zero-order chi connectivity index (χ0) is 21.0. The molecule has 2 nitrogen and oxygen atoms in total. The van der Waals surface area contributed by atoms with Gasteiger partial charge in [0.2, 0.25) is 0 Å². The molecule has 0 aliphatic carbocycles. The number of nitrogens with two attached hydrogens (primary N) is 1. The van der Waals surface area contributed by atoms with Crippen LogP contribution in [0.4, 0.5) is 5.69 Å². The first-order chi connectivity index (χ1) is 14.7. The van der Waals surface area contributed by atoms with Gasteiger partial charge in [0.1, 0.15) is 0 Å². The molecule has 0 saturated heterocycles. The zero-order valence-electron chi connectivity index (χ0n) is 16.4. The second-order valence-electron chi connectivity index (χ2n) is 7.22. The van der Waals surface area contributed by atoms with Gasteiger partial charge in [-0.05, 0) is 0 Å². The van der Waals surface area contributed by atoms with Crippen molar-refractivity contribution < 1.29 is 0 Å². The predicted molar refractivity (Wildman–Crippen MR) is 134 cm³/mol. The molecule has 148 valence electrons. The molecule has 0 bridgehead atoms. The third-order valence-corrected chi connectivity index (χ3v) is 12.9. The van der Waals surface area contributed by atoms with Crippen molar-refractivity contribution in [3.05, 3.63) is 120 Å². The van der Waals surface area contributed by atoms with E-state index in [1.54, 1.807) is 6.07 Å². The van der Waals surface area contributed by atoms with Gasteiger partial charge in [-0.25, -0.2) is 0 Å². The summed E-state index contributed by atoms with van der Waals surface area (Å²) in [6.07, 6.45) is 0. The number of hydrogen-bond donors (Lipinski definition) is 1. The van der Waals surface area contributed by atoms with Gasteiger partial charge in [-0.15, -0.1) is 0 Å². The van der Waals surface area contributed by atoms with Crippen LogP contribution >= 0.6 is 23.2 Å². The van der Waals surface area contributed by atoms with Crippen molar-refractivity contribution in [1.29, 1.82) is 5.26 Å². The Morgan fingerprint density at radius 3 is 1.53 bits per heavy atom. The van der Waals surface area contributed by atoms with Gasteiger partial charge in [0.05, 0.1) is 0 Å². The van der Waals surface area contributed by atoms with E-state index in [2.05, 4.69) is 94.8 Å². The number of nitriles is 1. The summed E-state index contributed by atoms with van der Waals surface area (Å²) in [5, 5.41) is 13.3. The van der Waals surface area contributed by atoms with Crippen LogP contribution in [0.2, 0.25) is 0 Å². The van der Waals surface area contributed by atoms with Gasteiger partial charge < -0.3 is 0 Å². The number of halogens is 1. The summed E-state index contributed by atoms with van der Waals surface area (Å²) in [6, 6.07) is 39.8. The van der Waals surface area contributed by atoms with Crippen molar-refractivity contribution in [2.24, 2.45) is 0 Å². The van der Waals surface area contributed by atoms with Crippen LogP contribution in [0, 0.1) is 11.3 Å². The van der Waals surface area contributed by atoms with Crippen LogP contribution in [-0.2, 0) is 0 Å². The molecule has 0 radical (unpaired) electrons. The Labute approximate surface area is 186 Å². The van der Waals surface area contributed by atoms with E-state index in [0.717, 1.165) is 5.56 Å². The standard InChI is InChI=1S/C26H22BrN2P/c27-26(24-18-20(19-28)16-17-25(24)29)30(21-10-4-1-5-11-21,22-12-6-2-7-13-22)23-14-8-3-9-15-23/h1-18,26,30H,29H2. The summed E-state index contributed by atoms with van der Waals surface area (Å²) < 4.78 is -0.0644. The number of rotatable bonds is 5. The first kappa shape index (κ1) is 20.4. The van der Waals surface area contributed by atoms with Crippen LogP contribution in [0.1, 0.15) is 15.7 Å². The second kappa shape index (κ2) is 8.84. The molecule has 0 spiro atoms. The first-order valence-corrected chi connectivity index (χ1v) is 12.8. The SMILES string of the molecule is N#Cc1ccc(N)c(C(Br)[PH](c2ccccc2)(c2ccccc2)c2ccccc2)c1. The third-order valence-electron chi connectivity index (χ3n) is 5.56. The maximum absolute atomic E-state index is 9.49. The summed E-state index contributed by atoms with van der Waals surface area (Å²) in [5.41, 5.74) is 8.72. The fourth-order valence-corrected chi connectivity index (χ4v) is 11.7. The molecule has 0 aromatic heterocycles. The Morgan fingerprint density at radius 1 is 0.700 bits per heavy atom. The summed E-state index contributed by atoms with van der Waals surface area (Å²) in [6.45, 7) is 0. The molecule has 4 rings (SSSR count). The van der Waals surface area contributed by atoms with E-state index in [1.807, 2.05) is 30.3 Å². The average molecular weight is 473 g/mol. The molecule has 0 aliphatic rings. The molecule has 4 aromatic rings. The van der Waals surface area contributed by atoms with Gasteiger partial charge in [0.15, 0.2) is 0 Å². The van der Waals surface area contributed by atoms with Crippen molar-refractivity contribution in [3.63, 3.8) is 0 Å². The summed E-state index contributed by atoms with van der Waals surface area (Å²) in [7, 11) is -2.61. The van der Waals surface area contributed by atoms with Gasteiger partial charge in [0, 0.05) is 0 Å². The van der Waals surface area contributed by atoms with E-state index in [9.17, 15) is 5.26 Å². The Bertz CT molecular complexity index is 1080. The Morgan fingerprint density at radius 2 is 1.13 bits per heavy atom. The van der Waals surface area contributed by atoms with E-state index >= 15 is 0 Å². The minimum absolute atomic E-state index is 0.0644. The van der Waals surface area contributed by atoms with Gasteiger partial charge in [-0.3, -0.25) is 0 Å². The molecule has 0 fully saturated rings. The number of anilines is 1.